The molecule has 0 bridgehead atoms. The predicted octanol–water partition coefficient (Wildman–Crippen LogP) is 1.34. The Morgan fingerprint density at radius 1 is 1.89 bits per heavy atom. The molecule has 0 spiro atoms. The summed E-state index contributed by atoms with van der Waals surface area (Å²) in [6, 6.07) is 0. The van der Waals surface area contributed by atoms with Crippen molar-refractivity contribution in [2.75, 3.05) is 5.75 Å². The molecule has 0 amide bonds. The third-order valence-electron chi connectivity index (χ3n) is 1.40. The van der Waals surface area contributed by atoms with Gasteiger partial charge in [-0.1, -0.05) is 6.08 Å². The van der Waals surface area contributed by atoms with E-state index in [4.69, 9.17) is 5.11 Å². The summed E-state index contributed by atoms with van der Waals surface area (Å²) in [6.45, 7) is 1.73. The van der Waals surface area contributed by atoms with E-state index in [1.165, 1.54) is 0 Å². The van der Waals surface area contributed by atoms with Gasteiger partial charge in [0.2, 0.25) is 0 Å². The van der Waals surface area contributed by atoms with E-state index in [1.807, 2.05) is 5.41 Å². The quantitative estimate of drug-likeness (QED) is 0.603. The maximum atomic E-state index is 10.5. The van der Waals surface area contributed by atoms with E-state index in [0.717, 1.165) is 0 Å². The Labute approximate surface area is 57.9 Å². The molecule has 1 atom stereocenters. The molecule has 50 valence electrons. The highest BCUT2D eigenvalue weighted by Gasteiger charge is 2.32. The largest absolute Gasteiger partial charge is 0.481 e. The number of hydrogen-bond donors (Lipinski definition) is 1. The molecule has 1 rings (SSSR count). The molecule has 2 nitrogen and oxygen atoms in total. The smallest absolute Gasteiger partial charge is 0.314 e. The maximum absolute atomic E-state index is 10.5. The van der Waals surface area contributed by atoms with Crippen LogP contribution in [0.4, 0.5) is 0 Å². The monoisotopic (exact) mass is 144 g/mol. The molecular weight excluding hydrogens is 136 g/mol. The van der Waals surface area contributed by atoms with E-state index in [-0.39, 0.29) is 0 Å². The topological polar surface area (TPSA) is 37.3 Å². The van der Waals surface area contributed by atoms with Crippen LogP contribution in [-0.2, 0) is 4.79 Å². The lowest BCUT2D eigenvalue weighted by atomic mass is 9.94. The van der Waals surface area contributed by atoms with E-state index in [9.17, 15) is 4.79 Å². The molecule has 0 aliphatic carbocycles. The second kappa shape index (κ2) is 2.06. The lowest BCUT2D eigenvalue weighted by Gasteiger charge is -2.12. The average molecular weight is 144 g/mol. The van der Waals surface area contributed by atoms with Gasteiger partial charge in [-0.3, -0.25) is 4.79 Å². The lowest BCUT2D eigenvalue weighted by molar-refractivity contribution is -0.143. The lowest BCUT2D eigenvalue weighted by Crippen LogP contribution is -2.25. The number of rotatable bonds is 1. The van der Waals surface area contributed by atoms with Crippen LogP contribution in [-0.4, -0.2) is 16.8 Å². The van der Waals surface area contributed by atoms with Crippen molar-refractivity contribution in [2.45, 2.75) is 6.92 Å². The zero-order chi connectivity index (χ0) is 6.91. The number of carbonyl (C=O) groups is 1. The fraction of sp³-hybridized carbons (Fsp3) is 0.500. The number of hydrogen-bond acceptors (Lipinski definition) is 2. The second-order valence-electron chi connectivity index (χ2n) is 2.34. The molecule has 0 radical (unpaired) electrons. The molecular formula is C6H8O2S. The molecule has 0 fully saturated rings. The Morgan fingerprint density at radius 2 is 2.56 bits per heavy atom. The van der Waals surface area contributed by atoms with Gasteiger partial charge in [-0.15, -0.1) is 11.8 Å². The molecule has 3 heteroatoms. The van der Waals surface area contributed by atoms with E-state index in [2.05, 4.69) is 0 Å². The second-order valence-corrected chi connectivity index (χ2v) is 3.23. The summed E-state index contributed by atoms with van der Waals surface area (Å²) >= 11 is 1.55. The van der Waals surface area contributed by atoms with Gasteiger partial charge in [-0.05, 0) is 12.3 Å². The van der Waals surface area contributed by atoms with Crippen LogP contribution >= 0.6 is 11.8 Å². The van der Waals surface area contributed by atoms with Crippen molar-refractivity contribution in [1.82, 2.24) is 0 Å². The Morgan fingerprint density at radius 3 is 2.78 bits per heavy atom. The van der Waals surface area contributed by atoms with E-state index >= 15 is 0 Å². The van der Waals surface area contributed by atoms with Crippen molar-refractivity contribution in [3.05, 3.63) is 11.5 Å². The van der Waals surface area contributed by atoms with E-state index < -0.39 is 11.4 Å². The van der Waals surface area contributed by atoms with Crippen LogP contribution in [0.5, 0.6) is 0 Å². The van der Waals surface area contributed by atoms with Gasteiger partial charge in [0.1, 0.15) is 0 Å². The molecule has 1 aliphatic heterocycles. The van der Waals surface area contributed by atoms with Gasteiger partial charge >= 0.3 is 5.97 Å². The first-order valence-electron chi connectivity index (χ1n) is 2.68. The molecule has 0 saturated carbocycles. The van der Waals surface area contributed by atoms with Gasteiger partial charge in [-0.2, -0.15) is 0 Å². The minimum atomic E-state index is -0.733. The Balaban J connectivity index is 2.74. The van der Waals surface area contributed by atoms with E-state index in [0.29, 0.717) is 5.75 Å². The van der Waals surface area contributed by atoms with Crippen LogP contribution in [0.3, 0.4) is 0 Å². The summed E-state index contributed by atoms with van der Waals surface area (Å²) < 4.78 is 0. The standard InChI is InChI=1S/C6H8O2S/c1-6(5(7)8)2-3-9-4-6/h2-3H,4H2,1H3,(H,7,8). The fourth-order valence-electron chi connectivity index (χ4n) is 0.601. The highest BCUT2D eigenvalue weighted by Crippen LogP contribution is 2.32. The van der Waals surface area contributed by atoms with Gasteiger partial charge in [0, 0.05) is 5.75 Å². The minimum absolute atomic E-state index is 0.606. The van der Waals surface area contributed by atoms with Gasteiger partial charge < -0.3 is 5.11 Å². The molecule has 1 aliphatic rings. The molecule has 0 aromatic rings. The number of thioether (sulfide) groups is 1. The molecule has 0 aromatic carbocycles. The first-order chi connectivity index (χ1) is 4.15. The molecule has 0 aromatic heterocycles. The normalized spacial score (nSPS) is 33.0. The van der Waals surface area contributed by atoms with Gasteiger partial charge in [0.25, 0.3) is 0 Å². The molecule has 1 unspecified atom stereocenters. The highest BCUT2D eigenvalue weighted by atomic mass is 32.2. The van der Waals surface area contributed by atoms with Crippen LogP contribution in [0.2, 0.25) is 0 Å². The minimum Gasteiger partial charge on any atom is -0.481 e. The third kappa shape index (κ3) is 1.10. The summed E-state index contributed by atoms with van der Waals surface area (Å²) in [6.07, 6.45) is 1.74. The van der Waals surface area contributed by atoms with Crippen molar-refractivity contribution >= 4 is 17.7 Å². The third-order valence-corrected chi connectivity index (χ3v) is 2.50. The summed E-state index contributed by atoms with van der Waals surface area (Å²) in [5.74, 6) is -0.0637. The number of carboxylic acid groups (broad SMARTS) is 1. The fourth-order valence-corrected chi connectivity index (χ4v) is 1.66. The molecule has 0 saturated heterocycles. The van der Waals surface area contributed by atoms with Gasteiger partial charge in [-0.25, -0.2) is 0 Å². The predicted molar refractivity (Wildman–Crippen MR) is 37.3 cm³/mol. The first kappa shape index (κ1) is 6.68. The summed E-state index contributed by atoms with van der Waals surface area (Å²) in [5.41, 5.74) is -0.606. The van der Waals surface area contributed by atoms with Crippen LogP contribution in [0.15, 0.2) is 11.5 Å². The Hall–Kier alpha value is -0.440. The Kier molecular flexibility index (Phi) is 1.53. The van der Waals surface area contributed by atoms with E-state index in [1.54, 1.807) is 24.8 Å². The van der Waals surface area contributed by atoms with Crippen molar-refractivity contribution in [3.8, 4) is 0 Å². The number of carboxylic acids is 1. The van der Waals surface area contributed by atoms with Crippen LogP contribution in [0, 0.1) is 5.41 Å². The summed E-state index contributed by atoms with van der Waals surface area (Å²) in [5, 5.41) is 10.4. The average Bonchev–Trinajstić information content (AvgIpc) is 2.16. The molecule has 1 N–H and O–H groups in total. The first-order valence-corrected chi connectivity index (χ1v) is 3.73. The van der Waals surface area contributed by atoms with Gasteiger partial charge in [0.15, 0.2) is 0 Å². The van der Waals surface area contributed by atoms with Crippen molar-refractivity contribution in [3.63, 3.8) is 0 Å². The summed E-state index contributed by atoms with van der Waals surface area (Å²) in [4.78, 5) is 10.5. The molecule has 9 heavy (non-hydrogen) atoms. The highest BCUT2D eigenvalue weighted by molar-refractivity contribution is 8.02. The maximum Gasteiger partial charge on any atom is 0.314 e. The van der Waals surface area contributed by atoms with Crippen molar-refractivity contribution in [1.29, 1.82) is 0 Å². The zero-order valence-corrected chi connectivity index (χ0v) is 5.94. The van der Waals surface area contributed by atoms with Gasteiger partial charge in [0.05, 0.1) is 5.41 Å². The summed E-state index contributed by atoms with van der Waals surface area (Å²) in [7, 11) is 0. The van der Waals surface area contributed by atoms with Crippen LogP contribution < -0.4 is 0 Å². The SMILES string of the molecule is CC1(C(=O)O)C=CSC1. The zero-order valence-electron chi connectivity index (χ0n) is 5.13. The number of aliphatic carboxylic acids is 1. The molecule has 1 heterocycles. The Bertz CT molecular complexity index is 164. The van der Waals surface area contributed by atoms with Crippen molar-refractivity contribution < 1.29 is 9.90 Å². The van der Waals surface area contributed by atoms with Crippen LogP contribution in [0.25, 0.3) is 0 Å². The van der Waals surface area contributed by atoms with Crippen molar-refractivity contribution in [2.24, 2.45) is 5.41 Å². The van der Waals surface area contributed by atoms with Crippen LogP contribution in [0.1, 0.15) is 6.92 Å².